The van der Waals surface area contributed by atoms with Crippen LogP contribution in [-0.4, -0.2) is 73.7 Å². The standard InChI is InChI=1S/C25H33N7O5S/c1-13(2)21(32-22(33)17(26)11-38)24(35)30-19(8-15-10-27-12-29-15)23(34)31-20(25(36)37)7-14-9-28-18-6-4-3-5-16(14)18/h3-6,9-10,12-13,17,19-21,28,38H,7-8,11,26H2,1-2H3,(H,27,29)(H,30,35)(H,31,34)(H,32,33)(H,36,37). The number of imidazole rings is 1. The van der Waals surface area contributed by atoms with Gasteiger partial charge < -0.3 is 36.8 Å². The minimum absolute atomic E-state index is 0.0198. The molecule has 0 aliphatic rings. The number of thiol groups is 1. The lowest BCUT2D eigenvalue weighted by molar-refractivity contribution is -0.142. The molecule has 4 unspecified atom stereocenters. The third kappa shape index (κ3) is 7.35. The van der Waals surface area contributed by atoms with Gasteiger partial charge in [-0.1, -0.05) is 32.0 Å². The Kier molecular flexibility index (Phi) is 9.91. The van der Waals surface area contributed by atoms with Crippen molar-refractivity contribution < 1.29 is 24.3 Å². The Morgan fingerprint density at radius 2 is 1.71 bits per heavy atom. The lowest BCUT2D eigenvalue weighted by Gasteiger charge is -2.26. The summed E-state index contributed by atoms with van der Waals surface area (Å²) in [7, 11) is 0. The maximum Gasteiger partial charge on any atom is 0.326 e. The number of hydrogen-bond acceptors (Lipinski definition) is 7. The first-order chi connectivity index (χ1) is 18.1. The minimum Gasteiger partial charge on any atom is -0.480 e. The first-order valence-corrected chi connectivity index (χ1v) is 12.8. The van der Waals surface area contributed by atoms with Crippen LogP contribution >= 0.6 is 12.6 Å². The van der Waals surface area contributed by atoms with Crippen LogP contribution in [0, 0.1) is 5.92 Å². The van der Waals surface area contributed by atoms with Crippen molar-refractivity contribution in [1.29, 1.82) is 0 Å². The second-order valence-corrected chi connectivity index (χ2v) is 9.69. The van der Waals surface area contributed by atoms with E-state index in [0.717, 1.165) is 16.5 Å². The van der Waals surface area contributed by atoms with Crippen LogP contribution in [-0.2, 0) is 32.0 Å². The normalized spacial score (nSPS) is 14.4. The SMILES string of the molecule is CC(C)C(NC(=O)C(N)CS)C(=O)NC(Cc1cnc[nH]1)C(=O)NC(Cc1c[nH]c2ccccc12)C(=O)O. The van der Waals surface area contributed by atoms with Gasteiger partial charge in [0.2, 0.25) is 17.7 Å². The molecule has 13 heteroatoms. The molecule has 0 saturated heterocycles. The summed E-state index contributed by atoms with van der Waals surface area (Å²) >= 11 is 4.01. The number of nitrogens with one attached hydrogen (secondary N) is 5. The van der Waals surface area contributed by atoms with E-state index in [-0.39, 0.29) is 24.5 Å². The van der Waals surface area contributed by atoms with E-state index in [9.17, 15) is 24.3 Å². The van der Waals surface area contributed by atoms with E-state index in [1.54, 1.807) is 20.0 Å². The Morgan fingerprint density at radius 3 is 2.34 bits per heavy atom. The van der Waals surface area contributed by atoms with Crippen molar-refractivity contribution in [3.8, 4) is 0 Å². The Bertz CT molecular complexity index is 1260. The van der Waals surface area contributed by atoms with Crippen molar-refractivity contribution in [1.82, 2.24) is 30.9 Å². The fraction of sp³-hybridized carbons (Fsp3) is 0.400. The molecule has 38 heavy (non-hydrogen) atoms. The van der Waals surface area contributed by atoms with Crippen LogP contribution in [0.3, 0.4) is 0 Å². The number of benzene rings is 1. The van der Waals surface area contributed by atoms with E-state index in [2.05, 4.69) is 43.5 Å². The molecule has 3 rings (SSSR count). The van der Waals surface area contributed by atoms with Crippen LogP contribution in [0.5, 0.6) is 0 Å². The number of carbonyl (C=O) groups excluding carboxylic acids is 3. The van der Waals surface area contributed by atoms with E-state index in [0.29, 0.717) is 5.69 Å². The number of carboxylic acids is 1. The van der Waals surface area contributed by atoms with Gasteiger partial charge in [0.15, 0.2) is 0 Å². The summed E-state index contributed by atoms with van der Waals surface area (Å²) in [6.45, 7) is 3.48. The number of carbonyl (C=O) groups is 4. The summed E-state index contributed by atoms with van der Waals surface area (Å²) in [6.07, 6.45) is 4.69. The predicted octanol–water partition coefficient (Wildman–Crippen LogP) is 0.128. The zero-order valence-electron chi connectivity index (χ0n) is 21.1. The summed E-state index contributed by atoms with van der Waals surface area (Å²) in [4.78, 5) is 60.8. The molecule has 0 radical (unpaired) electrons. The topological polar surface area (TPSA) is 195 Å². The van der Waals surface area contributed by atoms with E-state index in [1.165, 1.54) is 12.5 Å². The molecule has 0 spiro atoms. The van der Waals surface area contributed by atoms with Crippen LogP contribution in [0.4, 0.5) is 0 Å². The van der Waals surface area contributed by atoms with Crippen LogP contribution in [0.1, 0.15) is 25.1 Å². The van der Waals surface area contributed by atoms with Crippen molar-refractivity contribution in [3.63, 3.8) is 0 Å². The average Bonchev–Trinajstić information content (AvgIpc) is 3.55. The highest BCUT2D eigenvalue weighted by Gasteiger charge is 2.32. The Morgan fingerprint density at radius 1 is 1.00 bits per heavy atom. The van der Waals surface area contributed by atoms with Gasteiger partial charge >= 0.3 is 5.97 Å². The summed E-state index contributed by atoms with van der Waals surface area (Å²) in [6, 6.07) is 3.16. The van der Waals surface area contributed by atoms with Gasteiger partial charge in [0.25, 0.3) is 0 Å². The molecule has 0 aliphatic carbocycles. The molecule has 2 aromatic heterocycles. The molecule has 8 N–H and O–H groups in total. The minimum atomic E-state index is -1.25. The zero-order chi connectivity index (χ0) is 27.8. The maximum absolute atomic E-state index is 13.3. The van der Waals surface area contributed by atoms with Gasteiger partial charge in [0, 0.05) is 47.6 Å². The Labute approximate surface area is 225 Å². The van der Waals surface area contributed by atoms with Crippen LogP contribution in [0.25, 0.3) is 10.9 Å². The molecule has 0 fully saturated rings. The van der Waals surface area contributed by atoms with E-state index < -0.39 is 47.9 Å². The summed E-state index contributed by atoms with van der Waals surface area (Å²) in [5, 5.41) is 18.5. The Balaban J connectivity index is 1.78. The van der Waals surface area contributed by atoms with Gasteiger partial charge in [-0.15, -0.1) is 0 Å². The number of rotatable bonds is 13. The van der Waals surface area contributed by atoms with Gasteiger partial charge in [-0.25, -0.2) is 9.78 Å². The van der Waals surface area contributed by atoms with E-state index >= 15 is 0 Å². The number of aromatic nitrogens is 3. The fourth-order valence-electron chi connectivity index (χ4n) is 3.96. The number of carboxylic acid groups (broad SMARTS) is 1. The third-order valence-corrected chi connectivity index (χ3v) is 6.50. The van der Waals surface area contributed by atoms with Gasteiger partial charge in [-0.3, -0.25) is 14.4 Å². The van der Waals surface area contributed by atoms with Crippen molar-refractivity contribution in [3.05, 3.63) is 54.2 Å². The lowest BCUT2D eigenvalue weighted by Crippen LogP contribution is -2.59. The van der Waals surface area contributed by atoms with Gasteiger partial charge in [0.05, 0.1) is 12.4 Å². The van der Waals surface area contributed by atoms with Gasteiger partial charge in [-0.05, 0) is 17.5 Å². The zero-order valence-corrected chi connectivity index (χ0v) is 22.0. The molecular weight excluding hydrogens is 510 g/mol. The molecule has 204 valence electrons. The van der Waals surface area contributed by atoms with Gasteiger partial charge in [0.1, 0.15) is 18.1 Å². The quantitative estimate of drug-likeness (QED) is 0.140. The number of aromatic amines is 2. The number of nitrogens with zero attached hydrogens (tertiary/aromatic N) is 1. The number of hydrogen-bond donors (Lipinski definition) is 8. The smallest absolute Gasteiger partial charge is 0.326 e. The van der Waals surface area contributed by atoms with Crippen molar-refractivity contribution in [2.75, 3.05) is 5.75 Å². The van der Waals surface area contributed by atoms with Crippen molar-refractivity contribution in [2.24, 2.45) is 11.7 Å². The predicted molar refractivity (Wildman–Crippen MR) is 144 cm³/mol. The second-order valence-electron chi connectivity index (χ2n) is 9.32. The lowest BCUT2D eigenvalue weighted by atomic mass is 10.0. The number of aliphatic carboxylic acids is 1. The molecule has 0 aliphatic heterocycles. The van der Waals surface area contributed by atoms with Crippen molar-refractivity contribution in [2.45, 2.75) is 50.9 Å². The molecule has 4 atom stereocenters. The van der Waals surface area contributed by atoms with E-state index in [4.69, 9.17) is 5.73 Å². The molecular formula is C25H33N7O5S. The van der Waals surface area contributed by atoms with Crippen LogP contribution in [0.2, 0.25) is 0 Å². The van der Waals surface area contributed by atoms with Crippen LogP contribution < -0.4 is 21.7 Å². The molecule has 0 saturated carbocycles. The first-order valence-electron chi connectivity index (χ1n) is 12.1. The van der Waals surface area contributed by atoms with Crippen molar-refractivity contribution >= 4 is 47.2 Å². The molecule has 0 bridgehead atoms. The first kappa shape index (κ1) is 28.7. The monoisotopic (exact) mass is 543 g/mol. The number of fused-ring (bicyclic) bond motifs is 1. The summed E-state index contributed by atoms with van der Waals surface area (Å²) in [5.74, 6) is -3.30. The molecule has 12 nitrogen and oxygen atoms in total. The molecule has 1 aromatic carbocycles. The van der Waals surface area contributed by atoms with Gasteiger partial charge in [-0.2, -0.15) is 12.6 Å². The number of para-hydroxylation sites is 1. The maximum atomic E-state index is 13.3. The number of nitrogens with two attached hydrogens (primary N) is 1. The largest absolute Gasteiger partial charge is 0.480 e. The second kappa shape index (κ2) is 13.1. The molecule has 2 heterocycles. The highest BCUT2D eigenvalue weighted by atomic mass is 32.1. The summed E-state index contributed by atoms with van der Waals surface area (Å²) < 4.78 is 0. The fourth-order valence-corrected chi connectivity index (χ4v) is 4.12. The van der Waals surface area contributed by atoms with E-state index in [1.807, 2.05) is 24.3 Å². The molecule has 3 amide bonds. The average molecular weight is 544 g/mol. The molecule has 3 aromatic rings. The number of H-pyrrole nitrogens is 2. The Hall–Kier alpha value is -3.84. The highest BCUT2D eigenvalue weighted by molar-refractivity contribution is 7.80. The highest BCUT2D eigenvalue weighted by Crippen LogP contribution is 2.19. The third-order valence-electron chi connectivity index (χ3n) is 6.11. The number of amides is 3. The summed E-state index contributed by atoms with van der Waals surface area (Å²) in [5.41, 5.74) is 7.85. The van der Waals surface area contributed by atoms with Crippen LogP contribution in [0.15, 0.2) is 43.0 Å².